The van der Waals surface area contributed by atoms with Crippen molar-refractivity contribution in [2.24, 2.45) is 0 Å². The summed E-state index contributed by atoms with van der Waals surface area (Å²) in [5.41, 5.74) is 0. The molecule has 1 heterocycles. The molecule has 3 N–H and O–H groups in total. The number of nitrogens with one attached hydrogen (secondary N) is 1. The number of aliphatic hydroxyl groups is 2. The summed E-state index contributed by atoms with van der Waals surface area (Å²) in [5, 5.41) is 22.4. The molecule has 1 rings (SSSR count). The number of allylic oxidation sites excluding steroid dienone is 1. The van der Waals surface area contributed by atoms with E-state index in [0.29, 0.717) is 0 Å². The Labute approximate surface area is 199 Å². The Balaban J connectivity index is 0.00000900. The minimum Gasteiger partial charge on any atom is -1.00 e. The molecule has 0 fully saturated rings. The maximum absolute atomic E-state index is 12.1. The van der Waals surface area contributed by atoms with Gasteiger partial charge in [-0.25, -0.2) is 0 Å². The van der Waals surface area contributed by atoms with Crippen molar-refractivity contribution in [3.05, 3.63) is 42.7 Å². The maximum Gasteiger partial charge on any atom is 0.286 e. The molecule has 0 bridgehead atoms. The molecule has 0 aliphatic heterocycles. The number of carbonyl (C=O) groups excluding carboxylic acids is 1. The van der Waals surface area contributed by atoms with Crippen molar-refractivity contribution in [3.8, 4) is 0 Å². The Hall–Kier alpha value is -1.24. The zero-order valence-electron chi connectivity index (χ0n) is 19.2. The van der Waals surface area contributed by atoms with Crippen molar-refractivity contribution in [1.82, 2.24) is 5.32 Å². The summed E-state index contributed by atoms with van der Waals surface area (Å²) in [6, 6.07) is 4.90. The van der Waals surface area contributed by atoms with Crippen LogP contribution in [0.1, 0.15) is 84.0 Å². The SMILES string of the molecule is CCCCCCCCCCCCC/C=C/[C@@H](O)[C@H](CO)NC(=O)C[n+]1ccccc1.[Br-]. The van der Waals surface area contributed by atoms with Crippen LogP contribution in [0.2, 0.25) is 0 Å². The number of unbranched alkanes of at least 4 members (excludes halogenated alkanes) is 11. The minimum atomic E-state index is -0.882. The van der Waals surface area contributed by atoms with Crippen LogP contribution in [0.5, 0.6) is 0 Å². The summed E-state index contributed by atoms with van der Waals surface area (Å²) in [6.45, 7) is 2.12. The van der Waals surface area contributed by atoms with Crippen molar-refractivity contribution in [2.45, 2.75) is 103 Å². The van der Waals surface area contributed by atoms with Crippen molar-refractivity contribution < 1.29 is 36.6 Å². The van der Waals surface area contributed by atoms with Crippen molar-refractivity contribution in [2.75, 3.05) is 6.61 Å². The fourth-order valence-electron chi connectivity index (χ4n) is 3.49. The Kier molecular flexibility index (Phi) is 19.8. The van der Waals surface area contributed by atoms with Crippen LogP contribution in [0.15, 0.2) is 42.7 Å². The highest BCUT2D eigenvalue weighted by atomic mass is 79.9. The number of aliphatic hydroxyl groups excluding tert-OH is 2. The molecule has 178 valence electrons. The lowest BCUT2D eigenvalue weighted by molar-refractivity contribution is -0.684. The predicted molar refractivity (Wildman–Crippen MR) is 122 cm³/mol. The molecule has 0 aliphatic carbocycles. The van der Waals surface area contributed by atoms with Gasteiger partial charge in [0.1, 0.15) is 0 Å². The largest absolute Gasteiger partial charge is 1.00 e. The molecule has 0 saturated heterocycles. The summed E-state index contributed by atoms with van der Waals surface area (Å²) in [6.07, 6.45) is 21.8. The van der Waals surface area contributed by atoms with Crippen LogP contribution in [0, 0.1) is 0 Å². The highest BCUT2D eigenvalue weighted by molar-refractivity contribution is 5.74. The average molecular weight is 500 g/mol. The zero-order chi connectivity index (χ0) is 21.9. The van der Waals surface area contributed by atoms with Gasteiger partial charge in [0.15, 0.2) is 12.4 Å². The number of halogens is 1. The number of amides is 1. The number of nitrogens with zero attached hydrogens (tertiary/aromatic N) is 1. The number of pyridine rings is 1. The van der Waals surface area contributed by atoms with Crippen LogP contribution < -0.4 is 26.9 Å². The monoisotopic (exact) mass is 498 g/mol. The first-order valence-corrected chi connectivity index (χ1v) is 11.9. The fourth-order valence-corrected chi connectivity index (χ4v) is 3.49. The molecule has 0 aromatic carbocycles. The van der Waals surface area contributed by atoms with E-state index in [0.717, 1.165) is 12.8 Å². The molecule has 2 atom stereocenters. The molecule has 0 saturated carbocycles. The molecule has 1 aromatic rings. The number of rotatable bonds is 18. The highest BCUT2D eigenvalue weighted by Gasteiger charge is 2.20. The third kappa shape index (κ3) is 16.1. The lowest BCUT2D eigenvalue weighted by Crippen LogP contribution is -3.00. The lowest BCUT2D eigenvalue weighted by Gasteiger charge is -2.19. The summed E-state index contributed by atoms with van der Waals surface area (Å²) in [4.78, 5) is 12.1. The smallest absolute Gasteiger partial charge is 0.286 e. The summed E-state index contributed by atoms with van der Waals surface area (Å²) in [7, 11) is 0. The maximum atomic E-state index is 12.1. The van der Waals surface area contributed by atoms with E-state index in [-0.39, 0.29) is 36.0 Å². The molecule has 6 heteroatoms. The molecular weight excluding hydrogens is 456 g/mol. The second-order valence-corrected chi connectivity index (χ2v) is 8.15. The summed E-state index contributed by atoms with van der Waals surface area (Å²) >= 11 is 0. The molecule has 1 amide bonds. The Bertz CT molecular complexity index is 569. The topological polar surface area (TPSA) is 73.4 Å². The second-order valence-electron chi connectivity index (χ2n) is 8.15. The quantitative estimate of drug-likeness (QED) is 0.161. The van der Waals surface area contributed by atoms with Gasteiger partial charge < -0.3 is 32.5 Å². The lowest BCUT2D eigenvalue weighted by atomic mass is 10.0. The van der Waals surface area contributed by atoms with Gasteiger partial charge in [0.2, 0.25) is 6.54 Å². The number of carbonyl (C=O) groups is 1. The first-order chi connectivity index (χ1) is 14.7. The third-order valence-corrected chi connectivity index (χ3v) is 5.37. The Morgan fingerprint density at radius 2 is 1.48 bits per heavy atom. The van der Waals surface area contributed by atoms with E-state index in [9.17, 15) is 15.0 Å². The molecule has 0 spiro atoms. The Morgan fingerprint density at radius 1 is 0.935 bits per heavy atom. The number of aromatic nitrogens is 1. The standard InChI is InChI=1S/C25H42N2O3.BrH/c1-2-3-4-5-6-7-8-9-10-11-12-13-15-18-24(29)23(22-28)26-25(30)21-27-19-16-14-17-20-27;/h14-20,23-24,28-29H,2-13,21-22H2,1H3;1H/b18-15+;/t23-,24+;/m0./s1. The van der Waals surface area contributed by atoms with Crippen LogP contribution in [-0.2, 0) is 11.3 Å². The van der Waals surface area contributed by atoms with Gasteiger partial charge in [-0.3, -0.25) is 4.79 Å². The van der Waals surface area contributed by atoms with Crippen molar-refractivity contribution >= 4 is 5.91 Å². The number of hydrogen-bond donors (Lipinski definition) is 3. The van der Waals surface area contributed by atoms with Gasteiger partial charge in [0.05, 0.1) is 18.8 Å². The van der Waals surface area contributed by atoms with Crippen LogP contribution in [0.25, 0.3) is 0 Å². The summed E-state index contributed by atoms with van der Waals surface area (Å²) in [5.74, 6) is -0.233. The van der Waals surface area contributed by atoms with Crippen LogP contribution in [0.3, 0.4) is 0 Å². The van der Waals surface area contributed by atoms with Gasteiger partial charge >= 0.3 is 0 Å². The average Bonchev–Trinajstić information content (AvgIpc) is 2.75. The fraction of sp³-hybridized carbons (Fsp3) is 0.680. The first-order valence-electron chi connectivity index (χ1n) is 11.9. The minimum absolute atomic E-state index is 0. The van der Waals surface area contributed by atoms with Gasteiger partial charge in [-0.2, -0.15) is 4.57 Å². The van der Waals surface area contributed by atoms with E-state index in [1.807, 2.05) is 24.3 Å². The number of hydrogen-bond acceptors (Lipinski definition) is 3. The van der Waals surface area contributed by atoms with E-state index in [4.69, 9.17) is 0 Å². The summed E-state index contributed by atoms with van der Waals surface area (Å²) < 4.78 is 1.75. The van der Waals surface area contributed by atoms with Crippen LogP contribution in [0.4, 0.5) is 0 Å². The molecule has 31 heavy (non-hydrogen) atoms. The molecule has 1 aromatic heterocycles. The van der Waals surface area contributed by atoms with E-state index in [1.54, 1.807) is 23.0 Å². The highest BCUT2D eigenvalue weighted by Crippen LogP contribution is 2.12. The van der Waals surface area contributed by atoms with Crippen LogP contribution in [-0.4, -0.2) is 34.9 Å². The molecule has 5 nitrogen and oxygen atoms in total. The van der Waals surface area contributed by atoms with E-state index < -0.39 is 12.1 Å². The van der Waals surface area contributed by atoms with Gasteiger partial charge in [-0.05, 0) is 12.8 Å². The molecular formula is C25H43BrN2O3. The third-order valence-electron chi connectivity index (χ3n) is 5.37. The Morgan fingerprint density at radius 3 is 2.03 bits per heavy atom. The van der Waals surface area contributed by atoms with Crippen molar-refractivity contribution in [1.29, 1.82) is 0 Å². The molecule has 0 radical (unpaired) electrons. The van der Waals surface area contributed by atoms with Gasteiger partial charge in [0, 0.05) is 12.1 Å². The van der Waals surface area contributed by atoms with Gasteiger partial charge in [-0.15, -0.1) is 0 Å². The molecule has 0 aliphatic rings. The first kappa shape index (κ1) is 29.8. The van der Waals surface area contributed by atoms with E-state index in [2.05, 4.69) is 12.2 Å². The normalized spacial score (nSPS) is 13.0. The molecule has 0 unspecified atom stereocenters. The van der Waals surface area contributed by atoms with Gasteiger partial charge in [0.25, 0.3) is 5.91 Å². The van der Waals surface area contributed by atoms with E-state index >= 15 is 0 Å². The van der Waals surface area contributed by atoms with Crippen molar-refractivity contribution in [3.63, 3.8) is 0 Å². The zero-order valence-corrected chi connectivity index (χ0v) is 20.8. The van der Waals surface area contributed by atoms with Gasteiger partial charge in [-0.1, -0.05) is 89.4 Å². The second kappa shape index (κ2) is 20.7. The van der Waals surface area contributed by atoms with Crippen LogP contribution >= 0.6 is 0 Å². The predicted octanol–water partition coefficient (Wildman–Crippen LogP) is 1.07. The van der Waals surface area contributed by atoms with E-state index in [1.165, 1.54) is 64.2 Å².